The molecule has 1 heterocycles. The van der Waals surface area contributed by atoms with Gasteiger partial charge in [-0.2, -0.15) is 0 Å². The summed E-state index contributed by atoms with van der Waals surface area (Å²) in [4.78, 5) is 15.5. The van der Waals surface area contributed by atoms with Crippen molar-refractivity contribution in [1.82, 2.24) is 9.55 Å². The van der Waals surface area contributed by atoms with E-state index < -0.39 is 0 Å². The molecule has 1 aromatic heterocycles. The van der Waals surface area contributed by atoms with Gasteiger partial charge in [0.1, 0.15) is 0 Å². The van der Waals surface area contributed by atoms with Gasteiger partial charge in [0.2, 0.25) is 5.91 Å². The summed E-state index contributed by atoms with van der Waals surface area (Å²) in [7, 11) is 0. The number of aryl methyl sites for hydroxylation is 1. The van der Waals surface area contributed by atoms with Crippen molar-refractivity contribution in [2.24, 2.45) is 5.73 Å². The Morgan fingerprint density at radius 3 is 2.90 bits per heavy atom. The maximum Gasteiger partial charge on any atom is 0.218 e. The third kappa shape index (κ3) is 3.76. The van der Waals surface area contributed by atoms with E-state index in [4.69, 9.17) is 5.73 Å². The normalized spacial score (nSPS) is 11.1. The molecule has 2 aromatic rings. The molecule has 108 valence electrons. The van der Waals surface area contributed by atoms with Crippen LogP contribution in [0.25, 0.3) is 11.0 Å². The van der Waals surface area contributed by atoms with E-state index in [-0.39, 0.29) is 5.91 Å². The number of hydrogen-bond donors (Lipinski definition) is 1. The fourth-order valence-corrected chi connectivity index (χ4v) is 3.14. The highest BCUT2D eigenvalue weighted by Gasteiger charge is 2.10. The Balaban J connectivity index is 2.17. The predicted octanol–water partition coefficient (Wildman–Crippen LogP) is 3.19. The number of unbranched alkanes of at least 4 members (excludes halogenated alkanes) is 2. The highest BCUT2D eigenvalue weighted by molar-refractivity contribution is 7.99. The van der Waals surface area contributed by atoms with Crippen molar-refractivity contribution in [3.63, 3.8) is 0 Å². The minimum Gasteiger partial charge on any atom is -0.370 e. The van der Waals surface area contributed by atoms with E-state index in [9.17, 15) is 4.79 Å². The third-order valence-electron chi connectivity index (χ3n) is 3.18. The van der Waals surface area contributed by atoms with Crippen LogP contribution in [0.5, 0.6) is 0 Å². The van der Waals surface area contributed by atoms with Crippen molar-refractivity contribution in [2.75, 3.05) is 5.75 Å². The lowest BCUT2D eigenvalue weighted by Crippen LogP contribution is -2.11. The van der Waals surface area contributed by atoms with Gasteiger partial charge in [0, 0.05) is 18.7 Å². The fourth-order valence-electron chi connectivity index (χ4n) is 2.14. The number of nitrogens with two attached hydrogens (primary N) is 1. The molecule has 2 rings (SSSR count). The van der Waals surface area contributed by atoms with Crippen LogP contribution in [0.3, 0.4) is 0 Å². The lowest BCUT2D eigenvalue weighted by molar-refractivity contribution is -0.117. The van der Waals surface area contributed by atoms with Crippen molar-refractivity contribution >= 4 is 28.7 Å². The molecule has 2 N–H and O–H groups in total. The van der Waals surface area contributed by atoms with Crippen LogP contribution in [0.2, 0.25) is 0 Å². The Morgan fingerprint density at radius 2 is 2.15 bits per heavy atom. The van der Waals surface area contributed by atoms with Gasteiger partial charge in [-0.15, -0.1) is 0 Å². The van der Waals surface area contributed by atoms with Crippen LogP contribution in [0.15, 0.2) is 29.4 Å². The van der Waals surface area contributed by atoms with Crippen molar-refractivity contribution in [1.29, 1.82) is 0 Å². The van der Waals surface area contributed by atoms with Gasteiger partial charge in [-0.05, 0) is 18.6 Å². The van der Waals surface area contributed by atoms with Gasteiger partial charge in [-0.25, -0.2) is 4.98 Å². The molecule has 0 aliphatic heterocycles. The molecule has 0 spiro atoms. The molecule has 0 aliphatic carbocycles. The number of fused-ring (bicyclic) bond motifs is 1. The van der Waals surface area contributed by atoms with Crippen LogP contribution in [0.4, 0.5) is 0 Å². The zero-order chi connectivity index (χ0) is 14.4. The topological polar surface area (TPSA) is 60.9 Å². The SMILES string of the molecule is CCCCCn1c(SCCC(N)=O)nc2ccccc21. The fraction of sp³-hybridized carbons (Fsp3) is 0.467. The number of carbonyl (C=O) groups is 1. The molecule has 0 saturated carbocycles. The summed E-state index contributed by atoms with van der Waals surface area (Å²) in [6.07, 6.45) is 3.97. The number of imidazole rings is 1. The average molecular weight is 291 g/mol. The largest absolute Gasteiger partial charge is 0.370 e. The molecular formula is C15H21N3OS. The second-order valence-corrected chi connectivity index (χ2v) is 5.87. The smallest absolute Gasteiger partial charge is 0.218 e. The number of primary amides is 1. The Bertz CT molecular complexity index is 580. The van der Waals surface area contributed by atoms with Crippen LogP contribution >= 0.6 is 11.8 Å². The highest BCUT2D eigenvalue weighted by atomic mass is 32.2. The van der Waals surface area contributed by atoms with E-state index >= 15 is 0 Å². The number of rotatable bonds is 8. The molecule has 0 saturated heterocycles. The number of aromatic nitrogens is 2. The van der Waals surface area contributed by atoms with Gasteiger partial charge in [-0.3, -0.25) is 4.79 Å². The van der Waals surface area contributed by atoms with Crippen LogP contribution < -0.4 is 5.73 Å². The molecule has 5 heteroatoms. The Labute approximate surface area is 123 Å². The average Bonchev–Trinajstić information content (AvgIpc) is 2.77. The first-order valence-corrected chi connectivity index (χ1v) is 8.07. The summed E-state index contributed by atoms with van der Waals surface area (Å²) >= 11 is 1.61. The Kier molecular flexibility index (Phi) is 5.47. The molecular weight excluding hydrogens is 270 g/mol. The summed E-state index contributed by atoms with van der Waals surface area (Å²) < 4.78 is 2.26. The lowest BCUT2D eigenvalue weighted by atomic mass is 10.2. The van der Waals surface area contributed by atoms with E-state index in [0.717, 1.165) is 23.6 Å². The summed E-state index contributed by atoms with van der Waals surface area (Å²) in [6, 6.07) is 8.18. The second-order valence-electron chi connectivity index (χ2n) is 4.81. The van der Waals surface area contributed by atoms with Crippen LogP contribution in [0.1, 0.15) is 32.6 Å². The molecule has 0 fully saturated rings. The molecule has 0 unspecified atom stereocenters. The quantitative estimate of drug-likeness (QED) is 0.600. The van der Waals surface area contributed by atoms with Crippen molar-refractivity contribution in [3.05, 3.63) is 24.3 Å². The molecule has 4 nitrogen and oxygen atoms in total. The zero-order valence-electron chi connectivity index (χ0n) is 11.8. The molecule has 0 atom stereocenters. The van der Waals surface area contributed by atoms with Crippen LogP contribution in [-0.2, 0) is 11.3 Å². The van der Waals surface area contributed by atoms with E-state index in [1.165, 1.54) is 18.4 Å². The standard InChI is InChI=1S/C15H21N3OS/c1-2-3-6-10-18-13-8-5-4-7-12(13)17-15(18)20-11-9-14(16)19/h4-5,7-8H,2-3,6,9-11H2,1H3,(H2,16,19). The Hall–Kier alpha value is -1.49. The highest BCUT2D eigenvalue weighted by Crippen LogP contribution is 2.25. The number of hydrogen-bond acceptors (Lipinski definition) is 3. The summed E-state index contributed by atoms with van der Waals surface area (Å²) in [5.74, 6) is 0.429. The number of para-hydroxylation sites is 2. The number of thioether (sulfide) groups is 1. The molecule has 1 amide bonds. The second kappa shape index (κ2) is 7.33. The van der Waals surface area contributed by atoms with Gasteiger partial charge in [0.25, 0.3) is 0 Å². The number of benzene rings is 1. The van der Waals surface area contributed by atoms with Crippen LogP contribution in [-0.4, -0.2) is 21.2 Å². The van der Waals surface area contributed by atoms with Gasteiger partial charge in [-0.1, -0.05) is 43.7 Å². The maximum absolute atomic E-state index is 10.8. The van der Waals surface area contributed by atoms with Gasteiger partial charge in [0.15, 0.2) is 5.16 Å². The maximum atomic E-state index is 10.8. The first kappa shape index (κ1) is 14.9. The number of amides is 1. The minimum atomic E-state index is -0.258. The number of carbonyl (C=O) groups excluding carboxylic acids is 1. The molecule has 0 radical (unpaired) electrons. The van der Waals surface area contributed by atoms with E-state index in [1.54, 1.807) is 11.8 Å². The summed E-state index contributed by atoms with van der Waals surface area (Å²) in [5.41, 5.74) is 7.38. The van der Waals surface area contributed by atoms with E-state index in [0.29, 0.717) is 12.2 Å². The lowest BCUT2D eigenvalue weighted by Gasteiger charge is -2.08. The first-order valence-electron chi connectivity index (χ1n) is 7.08. The van der Waals surface area contributed by atoms with Gasteiger partial charge < -0.3 is 10.3 Å². The van der Waals surface area contributed by atoms with E-state index in [2.05, 4.69) is 22.5 Å². The zero-order valence-corrected chi connectivity index (χ0v) is 12.7. The molecule has 0 bridgehead atoms. The minimum absolute atomic E-state index is 0.258. The van der Waals surface area contributed by atoms with Gasteiger partial charge >= 0.3 is 0 Å². The summed E-state index contributed by atoms with van der Waals surface area (Å²) in [5, 5.41) is 0.989. The molecule has 1 aromatic carbocycles. The van der Waals surface area contributed by atoms with Gasteiger partial charge in [0.05, 0.1) is 11.0 Å². The summed E-state index contributed by atoms with van der Waals surface area (Å²) in [6.45, 7) is 3.18. The van der Waals surface area contributed by atoms with Crippen molar-refractivity contribution in [3.8, 4) is 0 Å². The van der Waals surface area contributed by atoms with Crippen molar-refractivity contribution < 1.29 is 4.79 Å². The van der Waals surface area contributed by atoms with Crippen molar-refractivity contribution in [2.45, 2.75) is 44.3 Å². The molecule has 20 heavy (non-hydrogen) atoms. The third-order valence-corrected chi connectivity index (χ3v) is 4.16. The predicted molar refractivity (Wildman–Crippen MR) is 83.8 cm³/mol. The van der Waals surface area contributed by atoms with E-state index in [1.807, 2.05) is 18.2 Å². The molecule has 0 aliphatic rings. The monoisotopic (exact) mass is 291 g/mol. The van der Waals surface area contributed by atoms with Crippen LogP contribution in [0, 0.1) is 0 Å². The first-order chi connectivity index (χ1) is 9.72. The Morgan fingerprint density at radius 1 is 1.35 bits per heavy atom. The number of nitrogens with zero attached hydrogens (tertiary/aromatic N) is 2.